The molecule has 1 aliphatic rings. The molecule has 100 valence electrons. The Labute approximate surface area is 112 Å². The molecule has 19 heavy (non-hydrogen) atoms. The molecule has 1 N–H and O–H groups in total. The van der Waals surface area contributed by atoms with Gasteiger partial charge in [0.2, 0.25) is 0 Å². The Morgan fingerprint density at radius 1 is 1.42 bits per heavy atom. The number of nitrogens with zero attached hydrogens (tertiary/aromatic N) is 2. The van der Waals surface area contributed by atoms with Crippen LogP contribution >= 0.6 is 0 Å². The predicted molar refractivity (Wildman–Crippen MR) is 74.4 cm³/mol. The quantitative estimate of drug-likeness (QED) is 0.896. The van der Waals surface area contributed by atoms with Gasteiger partial charge in [-0.25, -0.2) is 4.39 Å². The highest BCUT2D eigenvalue weighted by atomic mass is 19.1. The van der Waals surface area contributed by atoms with Crippen molar-refractivity contribution < 1.29 is 4.39 Å². The predicted octanol–water partition coefficient (Wildman–Crippen LogP) is 2.17. The molecule has 0 radical (unpaired) electrons. The number of rotatable bonds is 2. The minimum Gasteiger partial charge on any atom is -0.314 e. The maximum atomic E-state index is 13.8. The Hall–Kier alpha value is -1.52. The molecule has 1 aliphatic heterocycles. The number of aromatic nitrogens is 1. The SMILES string of the molecule is C[C@H]1CNCCN1Cc1ccc(F)c2cccnc12. The standard InChI is InChI=1S/C15H18FN3/c1-11-9-17-7-8-19(11)10-12-4-5-14(16)13-3-2-6-18-15(12)13/h2-6,11,17H,7-10H2,1H3/t11-/m0/s1. The van der Waals surface area contributed by atoms with Gasteiger partial charge in [-0.3, -0.25) is 9.88 Å². The van der Waals surface area contributed by atoms with Gasteiger partial charge in [-0.1, -0.05) is 6.07 Å². The molecule has 2 heterocycles. The molecule has 1 aromatic carbocycles. The van der Waals surface area contributed by atoms with Crippen LogP contribution < -0.4 is 5.32 Å². The number of benzene rings is 1. The summed E-state index contributed by atoms with van der Waals surface area (Å²) in [7, 11) is 0. The molecular formula is C15H18FN3. The average Bonchev–Trinajstić information content (AvgIpc) is 2.44. The van der Waals surface area contributed by atoms with Crippen molar-refractivity contribution in [3.8, 4) is 0 Å². The Morgan fingerprint density at radius 3 is 3.16 bits per heavy atom. The van der Waals surface area contributed by atoms with Crippen LogP contribution in [-0.4, -0.2) is 35.6 Å². The van der Waals surface area contributed by atoms with Crippen molar-refractivity contribution in [1.29, 1.82) is 0 Å². The summed E-state index contributed by atoms with van der Waals surface area (Å²) in [5.74, 6) is -0.194. The molecule has 1 saturated heterocycles. The van der Waals surface area contributed by atoms with Gasteiger partial charge in [-0.05, 0) is 30.7 Å². The van der Waals surface area contributed by atoms with E-state index in [-0.39, 0.29) is 5.82 Å². The van der Waals surface area contributed by atoms with E-state index in [1.165, 1.54) is 0 Å². The van der Waals surface area contributed by atoms with Crippen molar-refractivity contribution in [3.05, 3.63) is 41.8 Å². The maximum Gasteiger partial charge on any atom is 0.132 e. The first-order chi connectivity index (χ1) is 9.25. The Morgan fingerprint density at radius 2 is 2.32 bits per heavy atom. The van der Waals surface area contributed by atoms with Crippen LogP contribution in [0.1, 0.15) is 12.5 Å². The lowest BCUT2D eigenvalue weighted by Crippen LogP contribution is -2.49. The first-order valence-corrected chi connectivity index (χ1v) is 6.72. The van der Waals surface area contributed by atoms with Crippen LogP contribution in [0.3, 0.4) is 0 Å². The third kappa shape index (κ3) is 2.46. The van der Waals surface area contributed by atoms with Crippen molar-refractivity contribution in [2.24, 2.45) is 0 Å². The lowest BCUT2D eigenvalue weighted by atomic mass is 10.1. The summed E-state index contributed by atoms with van der Waals surface area (Å²) < 4.78 is 13.8. The fourth-order valence-electron chi connectivity index (χ4n) is 2.66. The zero-order valence-corrected chi connectivity index (χ0v) is 11.1. The first kappa shape index (κ1) is 12.5. The Bertz CT molecular complexity index is 585. The highest BCUT2D eigenvalue weighted by Gasteiger charge is 2.19. The van der Waals surface area contributed by atoms with E-state index in [2.05, 4.69) is 22.1 Å². The second-order valence-corrected chi connectivity index (χ2v) is 5.13. The van der Waals surface area contributed by atoms with Gasteiger partial charge in [0.25, 0.3) is 0 Å². The molecule has 0 unspecified atom stereocenters. The lowest BCUT2D eigenvalue weighted by molar-refractivity contribution is 0.166. The Kier molecular flexibility index (Phi) is 3.44. The van der Waals surface area contributed by atoms with Crippen LogP contribution in [0.25, 0.3) is 10.9 Å². The van der Waals surface area contributed by atoms with Gasteiger partial charge >= 0.3 is 0 Å². The number of halogens is 1. The van der Waals surface area contributed by atoms with Gasteiger partial charge in [0.1, 0.15) is 5.82 Å². The van der Waals surface area contributed by atoms with Crippen LogP contribution in [0.2, 0.25) is 0 Å². The molecule has 1 aromatic heterocycles. The molecule has 0 aliphatic carbocycles. The zero-order valence-electron chi connectivity index (χ0n) is 11.1. The molecule has 3 nitrogen and oxygen atoms in total. The van der Waals surface area contributed by atoms with Gasteiger partial charge < -0.3 is 5.32 Å². The van der Waals surface area contributed by atoms with Crippen molar-refractivity contribution in [1.82, 2.24) is 15.2 Å². The normalized spacial score (nSPS) is 20.8. The van der Waals surface area contributed by atoms with E-state index in [0.717, 1.165) is 37.3 Å². The fourth-order valence-corrected chi connectivity index (χ4v) is 2.66. The highest BCUT2D eigenvalue weighted by molar-refractivity contribution is 5.82. The summed E-state index contributed by atoms with van der Waals surface area (Å²) in [6.07, 6.45) is 1.73. The van der Waals surface area contributed by atoms with Crippen molar-refractivity contribution in [3.63, 3.8) is 0 Å². The van der Waals surface area contributed by atoms with Crippen LogP contribution in [0, 0.1) is 5.82 Å². The summed E-state index contributed by atoms with van der Waals surface area (Å²) in [4.78, 5) is 6.76. The summed E-state index contributed by atoms with van der Waals surface area (Å²) in [5, 5.41) is 3.99. The van der Waals surface area contributed by atoms with Gasteiger partial charge in [0.05, 0.1) is 5.52 Å². The number of nitrogens with one attached hydrogen (secondary N) is 1. The zero-order chi connectivity index (χ0) is 13.2. The summed E-state index contributed by atoms with van der Waals surface area (Å²) in [6, 6.07) is 7.48. The van der Waals surface area contributed by atoms with Crippen LogP contribution in [0.4, 0.5) is 4.39 Å². The van der Waals surface area contributed by atoms with Crippen molar-refractivity contribution in [2.45, 2.75) is 19.5 Å². The number of fused-ring (bicyclic) bond motifs is 1. The van der Waals surface area contributed by atoms with E-state index in [1.54, 1.807) is 24.4 Å². The summed E-state index contributed by atoms with van der Waals surface area (Å²) in [6.45, 7) is 6.08. The van der Waals surface area contributed by atoms with E-state index in [9.17, 15) is 4.39 Å². The fraction of sp³-hybridized carbons (Fsp3) is 0.400. The van der Waals surface area contributed by atoms with Crippen molar-refractivity contribution >= 4 is 10.9 Å². The molecule has 0 saturated carbocycles. The monoisotopic (exact) mass is 259 g/mol. The minimum absolute atomic E-state index is 0.194. The molecule has 3 rings (SSSR count). The Balaban J connectivity index is 1.94. The first-order valence-electron chi connectivity index (χ1n) is 6.72. The van der Waals surface area contributed by atoms with Gasteiger partial charge in [-0.2, -0.15) is 0 Å². The average molecular weight is 259 g/mol. The molecule has 0 amide bonds. The summed E-state index contributed by atoms with van der Waals surface area (Å²) >= 11 is 0. The van der Waals surface area contributed by atoms with E-state index >= 15 is 0 Å². The third-order valence-electron chi connectivity index (χ3n) is 3.81. The smallest absolute Gasteiger partial charge is 0.132 e. The lowest BCUT2D eigenvalue weighted by Gasteiger charge is -2.34. The van der Waals surface area contributed by atoms with E-state index < -0.39 is 0 Å². The van der Waals surface area contributed by atoms with Gasteiger partial charge in [0.15, 0.2) is 0 Å². The van der Waals surface area contributed by atoms with Crippen LogP contribution in [0.15, 0.2) is 30.5 Å². The van der Waals surface area contributed by atoms with Crippen LogP contribution in [-0.2, 0) is 6.54 Å². The number of hydrogen-bond acceptors (Lipinski definition) is 3. The van der Waals surface area contributed by atoms with Gasteiger partial charge in [-0.15, -0.1) is 0 Å². The molecule has 1 fully saturated rings. The molecule has 1 atom stereocenters. The van der Waals surface area contributed by atoms with Crippen LogP contribution in [0.5, 0.6) is 0 Å². The van der Waals surface area contributed by atoms with E-state index in [1.807, 2.05) is 6.07 Å². The number of hydrogen-bond donors (Lipinski definition) is 1. The molecule has 4 heteroatoms. The molecular weight excluding hydrogens is 241 g/mol. The van der Waals surface area contributed by atoms with E-state index in [4.69, 9.17) is 0 Å². The summed E-state index contributed by atoms with van der Waals surface area (Å²) in [5.41, 5.74) is 1.89. The second kappa shape index (κ2) is 5.23. The topological polar surface area (TPSA) is 28.2 Å². The molecule has 0 bridgehead atoms. The van der Waals surface area contributed by atoms with Crippen molar-refractivity contribution in [2.75, 3.05) is 19.6 Å². The minimum atomic E-state index is -0.194. The second-order valence-electron chi connectivity index (χ2n) is 5.13. The third-order valence-corrected chi connectivity index (χ3v) is 3.81. The number of piperazine rings is 1. The maximum absolute atomic E-state index is 13.8. The highest BCUT2D eigenvalue weighted by Crippen LogP contribution is 2.21. The number of pyridine rings is 1. The van der Waals surface area contributed by atoms with Gasteiger partial charge in [0, 0.05) is 43.8 Å². The molecule has 2 aromatic rings. The molecule has 0 spiro atoms. The largest absolute Gasteiger partial charge is 0.314 e. The van der Waals surface area contributed by atoms with E-state index in [0.29, 0.717) is 11.4 Å².